The highest BCUT2D eigenvalue weighted by atomic mass is 16.8. The van der Waals surface area contributed by atoms with E-state index in [1.54, 1.807) is 0 Å². The minimum atomic E-state index is -2.38. The van der Waals surface area contributed by atoms with Crippen LogP contribution in [0.2, 0.25) is 0 Å². The lowest BCUT2D eigenvalue weighted by atomic mass is 9.97. The fourth-order valence-corrected chi connectivity index (χ4v) is 4.07. The van der Waals surface area contributed by atoms with Crippen LogP contribution in [0.25, 0.3) is 0 Å². The normalized spacial score (nSPS) is 52.1. The summed E-state index contributed by atoms with van der Waals surface area (Å²) in [6.45, 7) is -3.23. The molecular formula is C18H32O16. The second kappa shape index (κ2) is 11.2. The Bertz CT molecular complexity index is 655. The van der Waals surface area contributed by atoms with Crippen molar-refractivity contribution in [2.75, 3.05) is 26.4 Å². The average Bonchev–Trinajstić information content (AvgIpc) is 3.08. The lowest BCUT2D eigenvalue weighted by molar-refractivity contribution is -0.377. The zero-order chi connectivity index (χ0) is 25.4. The molecule has 16 nitrogen and oxygen atoms in total. The summed E-state index contributed by atoms with van der Waals surface area (Å²) < 4.78 is 26.7. The lowest BCUT2D eigenvalue weighted by Gasteiger charge is -2.45. The number of aliphatic hydroxyl groups excluding tert-OH is 11. The number of hydrogen-bond acceptors (Lipinski definition) is 16. The van der Waals surface area contributed by atoms with Crippen molar-refractivity contribution >= 4 is 0 Å². The molecular weight excluding hydrogens is 472 g/mol. The molecule has 200 valence electrons. The van der Waals surface area contributed by atoms with Crippen LogP contribution >= 0.6 is 0 Å². The van der Waals surface area contributed by atoms with Crippen LogP contribution in [-0.4, -0.2) is 168 Å². The maximum absolute atomic E-state index is 10.6. The first-order valence-electron chi connectivity index (χ1n) is 10.6. The van der Waals surface area contributed by atoms with E-state index in [2.05, 4.69) is 0 Å². The van der Waals surface area contributed by atoms with Gasteiger partial charge in [0.05, 0.1) is 19.8 Å². The summed E-state index contributed by atoms with van der Waals surface area (Å²) in [5.74, 6) is -2.38. The molecule has 0 aromatic heterocycles. The Morgan fingerprint density at radius 2 is 1.26 bits per heavy atom. The molecule has 0 saturated carbocycles. The first kappa shape index (κ1) is 27.9. The molecule has 0 spiro atoms. The standard InChI is InChI=1S/C18H32O16/c19-1-5-8(22)12(26)14(34-18(4-21)15(28)10(24)6(2-20)33-18)17(32-5)30-3-7-9(23)11(25)13(27)16(29)31-7/h5-17,19-29H,1-4H2/t5-,6-,7-,8+,9-,10-,11+,12+,13-,14-,15+,16+,17+,18+/m1/s1. The zero-order valence-corrected chi connectivity index (χ0v) is 17.8. The lowest BCUT2D eigenvalue weighted by Crippen LogP contribution is -2.64. The van der Waals surface area contributed by atoms with Gasteiger partial charge in [-0.2, -0.15) is 0 Å². The van der Waals surface area contributed by atoms with Crippen LogP contribution in [-0.2, 0) is 23.7 Å². The molecule has 11 N–H and O–H groups in total. The van der Waals surface area contributed by atoms with Crippen LogP contribution in [0.3, 0.4) is 0 Å². The molecule has 0 aliphatic carbocycles. The van der Waals surface area contributed by atoms with Gasteiger partial charge >= 0.3 is 0 Å². The molecule has 3 fully saturated rings. The number of ether oxygens (including phenoxy) is 5. The Morgan fingerprint density at radius 3 is 1.82 bits per heavy atom. The van der Waals surface area contributed by atoms with E-state index in [0.29, 0.717) is 0 Å². The SMILES string of the molecule is OC[C@H]1O[C@H](OC[C@H]2O[C@H](O)[C@H](O)[C@@H](O)[C@@H]2O)[C@H](O[C@]2(CO)O[C@H](CO)[C@@H](O)[C@@H]2O)[C@@H](O)[C@H]1O. The van der Waals surface area contributed by atoms with E-state index in [9.17, 15) is 56.2 Å². The van der Waals surface area contributed by atoms with Gasteiger partial charge in [0.1, 0.15) is 73.8 Å². The van der Waals surface area contributed by atoms with Crippen molar-refractivity contribution in [1.29, 1.82) is 0 Å². The van der Waals surface area contributed by atoms with Gasteiger partial charge < -0.3 is 79.9 Å². The highest BCUT2D eigenvalue weighted by molar-refractivity contribution is 5.00. The van der Waals surface area contributed by atoms with Crippen LogP contribution in [0, 0.1) is 0 Å². The summed E-state index contributed by atoms with van der Waals surface area (Å²) in [7, 11) is 0. The van der Waals surface area contributed by atoms with Gasteiger partial charge in [0, 0.05) is 0 Å². The van der Waals surface area contributed by atoms with Crippen molar-refractivity contribution in [3.8, 4) is 0 Å². The summed E-state index contributed by atoms with van der Waals surface area (Å²) >= 11 is 0. The van der Waals surface area contributed by atoms with Crippen LogP contribution in [0.1, 0.15) is 0 Å². The summed E-state index contributed by atoms with van der Waals surface area (Å²) in [6, 6.07) is 0. The Balaban J connectivity index is 1.79. The van der Waals surface area contributed by atoms with E-state index in [-0.39, 0.29) is 0 Å². The Labute approximate surface area is 192 Å². The number of aliphatic hydroxyl groups is 11. The molecule has 0 radical (unpaired) electrons. The molecule has 0 unspecified atom stereocenters. The first-order chi connectivity index (χ1) is 16.0. The molecule has 16 heteroatoms. The third-order valence-electron chi connectivity index (χ3n) is 6.18. The third-order valence-corrected chi connectivity index (χ3v) is 6.18. The van der Waals surface area contributed by atoms with Gasteiger partial charge in [-0.15, -0.1) is 0 Å². The van der Waals surface area contributed by atoms with Crippen molar-refractivity contribution in [3.63, 3.8) is 0 Å². The third kappa shape index (κ3) is 5.09. The van der Waals surface area contributed by atoms with Crippen molar-refractivity contribution in [1.82, 2.24) is 0 Å². The molecule has 14 atom stereocenters. The summed E-state index contributed by atoms with van der Waals surface area (Å²) in [6.07, 6.45) is -21.9. The summed E-state index contributed by atoms with van der Waals surface area (Å²) in [4.78, 5) is 0. The van der Waals surface area contributed by atoms with Crippen molar-refractivity contribution in [2.24, 2.45) is 0 Å². The van der Waals surface area contributed by atoms with Crippen LogP contribution in [0.5, 0.6) is 0 Å². The fraction of sp³-hybridized carbons (Fsp3) is 1.00. The summed E-state index contributed by atoms with van der Waals surface area (Å²) in [5, 5.41) is 109. The van der Waals surface area contributed by atoms with E-state index in [0.717, 1.165) is 0 Å². The Kier molecular flexibility index (Phi) is 9.18. The topological polar surface area (TPSA) is 269 Å². The first-order valence-corrected chi connectivity index (χ1v) is 10.6. The Morgan fingerprint density at radius 1 is 0.647 bits per heavy atom. The van der Waals surface area contributed by atoms with E-state index in [1.165, 1.54) is 0 Å². The molecule has 0 amide bonds. The van der Waals surface area contributed by atoms with Crippen molar-refractivity contribution in [2.45, 2.75) is 85.5 Å². The van der Waals surface area contributed by atoms with Gasteiger partial charge in [-0.1, -0.05) is 0 Å². The smallest absolute Gasteiger partial charge is 0.222 e. The molecule has 3 aliphatic heterocycles. The minimum absolute atomic E-state index is 0.634. The van der Waals surface area contributed by atoms with Gasteiger partial charge in [0.25, 0.3) is 0 Å². The van der Waals surface area contributed by atoms with Crippen LogP contribution in [0.4, 0.5) is 0 Å². The minimum Gasteiger partial charge on any atom is -0.394 e. The quantitative estimate of drug-likeness (QED) is 0.146. The van der Waals surface area contributed by atoms with Crippen molar-refractivity contribution < 1.29 is 79.9 Å². The molecule has 0 aromatic rings. The molecule has 3 aliphatic rings. The van der Waals surface area contributed by atoms with Crippen molar-refractivity contribution in [3.05, 3.63) is 0 Å². The maximum Gasteiger partial charge on any atom is 0.222 e. The van der Waals surface area contributed by atoms with E-state index in [4.69, 9.17) is 23.7 Å². The fourth-order valence-electron chi connectivity index (χ4n) is 4.07. The molecule has 0 bridgehead atoms. The van der Waals surface area contributed by atoms with Gasteiger partial charge in [-0.25, -0.2) is 0 Å². The van der Waals surface area contributed by atoms with E-state index >= 15 is 0 Å². The molecule has 0 aromatic carbocycles. The van der Waals surface area contributed by atoms with Crippen LogP contribution < -0.4 is 0 Å². The maximum atomic E-state index is 10.6. The number of hydrogen-bond donors (Lipinski definition) is 11. The number of rotatable bonds is 8. The molecule has 3 rings (SSSR count). The van der Waals surface area contributed by atoms with Gasteiger partial charge in [0.15, 0.2) is 12.6 Å². The highest BCUT2D eigenvalue weighted by Gasteiger charge is 2.59. The predicted molar refractivity (Wildman–Crippen MR) is 101 cm³/mol. The second-order valence-electron chi connectivity index (χ2n) is 8.40. The largest absolute Gasteiger partial charge is 0.394 e. The molecule has 3 heterocycles. The Hall–Kier alpha value is -0.640. The van der Waals surface area contributed by atoms with Gasteiger partial charge in [-0.3, -0.25) is 0 Å². The van der Waals surface area contributed by atoms with Crippen LogP contribution in [0.15, 0.2) is 0 Å². The van der Waals surface area contributed by atoms with Gasteiger partial charge in [-0.05, 0) is 0 Å². The molecule has 34 heavy (non-hydrogen) atoms. The van der Waals surface area contributed by atoms with E-state index < -0.39 is 112 Å². The van der Waals surface area contributed by atoms with E-state index in [1.807, 2.05) is 0 Å². The zero-order valence-electron chi connectivity index (χ0n) is 17.8. The predicted octanol–water partition coefficient (Wildman–Crippen LogP) is -7.57. The average molecular weight is 504 g/mol. The second-order valence-corrected chi connectivity index (χ2v) is 8.40. The monoisotopic (exact) mass is 504 g/mol. The highest BCUT2D eigenvalue weighted by Crippen LogP contribution is 2.37. The summed E-state index contributed by atoms with van der Waals surface area (Å²) in [5.41, 5.74) is 0. The van der Waals surface area contributed by atoms with Gasteiger partial charge in [0.2, 0.25) is 5.79 Å². The molecule has 3 saturated heterocycles.